The predicted octanol–water partition coefficient (Wildman–Crippen LogP) is 2.92. The molecule has 0 bridgehead atoms. The van der Waals surface area contributed by atoms with Gasteiger partial charge in [-0.1, -0.05) is 24.3 Å². The Morgan fingerprint density at radius 2 is 1.93 bits per heavy atom. The molecule has 1 heterocycles. The molecule has 6 nitrogen and oxygen atoms in total. The molecule has 0 radical (unpaired) electrons. The summed E-state index contributed by atoms with van der Waals surface area (Å²) in [6.45, 7) is 3.25. The lowest BCUT2D eigenvalue weighted by atomic mass is 10.1. The topological polar surface area (TPSA) is 75.7 Å². The number of nitrogens with one attached hydrogen (secondary N) is 1. The van der Waals surface area contributed by atoms with E-state index in [0.717, 1.165) is 16.0 Å². The van der Waals surface area contributed by atoms with Crippen molar-refractivity contribution in [2.24, 2.45) is 0 Å². The van der Waals surface area contributed by atoms with E-state index in [9.17, 15) is 14.4 Å². The van der Waals surface area contributed by atoms with Gasteiger partial charge in [0.25, 0.3) is 5.91 Å². The van der Waals surface area contributed by atoms with Crippen LogP contribution >= 0.6 is 11.8 Å². The van der Waals surface area contributed by atoms with Crippen LogP contribution in [0.4, 0.5) is 11.4 Å². The Labute approximate surface area is 161 Å². The molecule has 3 rings (SSSR count). The van der Waals surface area contributed by atoms with Crippen molar-refractivity contribution in [1.82, 2.24) is 0 Å². The average molecular weight is 384 g/mol. The Kier molecular flexibility index (Phi) is 5.81. The number of amides is 2. The van der Waals surface area contributed by atoms with Gasteiger partial charge in [-0.25, -0.2) is 0 Å². The minimum Gasteiger partial charge on any atom is -0.454 e. The zero-order valence-electron chi connectivity index (χ0n) is 15.2. The maximum absolute atomic E-state index is 12.2. The van der Waals surface area contributed by atoms with Gasteiger partial charge in [-0.15, -0.1) is 11.8 Å². The van der Waals surface area contributed by atoms with Crippen LogP contribution in [0.2, 0.25) is 0 Å². The Morgan fingerprint density at radius 3 is 2.74 bits per heavy atom. The zero-order chi connectivity index (χ0) is 19.4. The third-order valence-corrected chi connectivity index (χ3v) is 5.39. The summed E-state index contributed by atoms with van der Waals surface area (Å²) < 4.78 is 5.06. The maximum Gasteiger partial charge on any atom is 0.326 e. The molecule has 0 saturated carbocycles. The second kappa shape index (κ2) is 8.26. The summed E-state index contributed by atoms with van der Waals surface area (Å²) in [6.07, 6.45) is 0. The third-order valence-electron chi connectivity index (χ3n) is 4.34. The first kappa shape index (κ1) is 19.0. The van der Waals surface area contributed by atoms with E-state index < -0.39 is 18.5 Å². The summed E-state index contributed by atoms with van der Waals surface area (Å²) in [4.78, 5) is 38.7. The highest BCUT2D eigenvalue weighted by molar-refractivity contribution is 8.00. The van der Waals surface area contributed by atoms with Gasteiger partial charge in [0.1, 0.15) is 6.54 Å². The first-order chi connectivity index (χ1) is 13.0. The van der Waals surface area contributed by atoms with E-state index in [-0.39, 0.29) is 18.2 Å². The van der Waals surface area contributed by atoms with Gasteiger partial charge >= 0.3 is 5.97 Å². The lowest BCUT2D eigenvalue weighted by Crippen LogP contribution is -2.40. The molecule has 1 aliphatic heterocycles. The standard InChI is InChI=1S/C20H20N2O4S/c1-13-6-5-7-15(14(13)2)21-18(23)11-26-20(25)10-22-16-8-3-4-9-17(16)27-12-19(22)24/h3-9H,10-12H2,1-2H3,(H,21,23). The lowest BCUT2D eigenvalue weighted by Gasteiger charge is -2.27. The summed E-state index contributed by atoms with van der Waals surface area (Å²) in [5, 5.41) is 2.73. The van der Waals surface area contributed by atoms with Gasteiger partial charge < -0.3 is 10.1 Å². The van der Waals surface area contributed by atoms with Crippen molar-refractivity contribution in [1.29, 1.82) is 0 Å². The SMILES string of the molecule is Cc1cccc(NC(=O)COC(=O)CN2C(=O)CSc3ccccc32)c1C. The van der Waals surface area contributed by atoms with Gasteiger partial charge in [-0.2, -0.15) is 0 Å². The van der Waals surface area contributed by atoms with Crippen molar-refractivity contribution in [3.05, 3.63) is 53.6 Å². The number of thioether (sulfide) groups is 1. The number of ether oxygens (including phenoxy) is 1. The molecule has 27 heavy (non-hydrogen) atoms. The molecule has 2 aromatic carbocycles. The molecule has 2 amide bonds. The Morgan fingerprint density at radius 1 is 1.15 bits per heavy atom. The molecule has 2 aromatic rings. The largest absolute Gasteiger partial charge is 0.454 e. The Bertz CT molecular complexity index is 897. The van der Waals surface area contributed by atoms with Crippen molar-refractivity contribution in [2.45, 2.75) is 18.7 Å². The van der Waals surface area contributed by atoms with Gasteiger partial charge in [0, 0.05) is 10.6 Å². The van der Waals surface area contributed by atoms with Crippen molar-refractivity contribution >= 4 is 40.9 Å². The smallest absolute Gasteiger partial charge is 0.326 e. The van der Waals surface area contributed by atoms with E-state index in [4.69, 9.17) is 4.74 Å². The number of esters is 1. The van der Waals surface area contributed by atoms with Crippen molar-refractivity contribution < 1.29 is 19.1 Å². The number of carbonyl (C=O) groups excluding carboxylic acids is 3. The van der Waals surface area contributed by atoms with Crippen molar-refractivity contribution in [2.75, 3.05) is 29.1 Å². The van der Waals surface area contributed by atoms with Crippen LogP contribution in [0.1, 0.15) is 11.1 Å². The van der Waals surface area contributed by atoms with Crippen LogP contribution in [0.5, 0.6) is 0 Å². The summed E-state index contributed by atoms with van der Waals surface area (Å²) >= 11 is 1.44. The fourth-order valence-corrected chi connectivity index (χ4v) is 3.66. The Hall–Kier alpha value is -2.80. The highest BCUT2D eigenvalue weighted by Crippen LogP contribution is 2.34. The van der Waals surface area contributed by atoms with E-state index in [1.165, 1.54) is 16.7 Å². The number of carbonyl (C=O) groups is 3. The van der Waals surface area contributed by atoms with Crippen LogP contribution in [-0.4, -0.2) is 36.7 Å². The Balaban J connectivity index is 1.56. The van der Waals surface area contributed by atoms with E-state index in [1.807, 2.05) is 44.2 Å². The van der Waals surface area contributed by atoms with Gasteiger partial charge in [-0.3, -0.25) is 19.3 Å². The molecule has 0 aliphatic carbocycles. The van der Waals surface area contributed by atoms with Crippen LogP contribution in [0, 0.1) is 13.8 Å². The van der Waals surface area contributed by atoms with Gasteiger partial charge in [0.05, 0.1) is 11.4 Å². The summed E-state index contributed by atoms with van der Waals surface area (Å²) in [5.41, 5.74) is 3.40. The monoisotopic (exact) mass is 384 g/mol. The highest BCUT2D eigenvalue weighted by atomic mass is 32.2. The number of hydrogen-bond donors (Lipinski definition) is 1. The van der Waals surface area contributed by atoms with Gasteiger partial charge in [-0.05, 0) is 43.2 Å². The summed E-state index contributed by atoms with van der Waals surface area (Å²) in [7, 11) is 0. The number of aryl methyl sites for hydroxylation is 1. The molecular weight excluding hydrogens is 364 g/mol. The number of fused-ring (bicyclic) bond motifs is 1. The molecule has 0 fully saturated rings. The van der Waals surface area contributed by atoms with E-state index in [1.54, 1.807) is 12.1 Å². The van der Waals surface area contributed by atoms with E-state index >= 15 is 0 Å². The van der Waals surface area contributed by atoms with Crippen LogP contribution in [0.25, 0.3) is 0 Å². The number of anilines is 2. The molecule has 0 spiro atoms. The molecular formula is C20H20N2O4S. The molecule has 0 atom stereocenters. The molecule has 7 heteroatoms. The first-order valence-corrected chi connectivity index (χ1v) is 9.48. The molecule has 0 unspecified atom stereocenters. The lowest BCUT2D eigenvalue weighted by molar-refractivity contribution is -0.146. The van der Waals surface area contributed by atoms with E-state index in [0.29, 0.717) is 11.4 Å². The molecule has 1 N–H and O–H groups in total. The first-order valence-electron chi connectivity index (χ1n) is 8.49. The second-order valence-corrected chi connectivity index (χ2v) is 7.21. The minimum absolute atomic E-state index is 0.157. The van der Waals surface area contributed by atoms with Crippen LogP contribution in [0.3, 0.4) is 0 Å². The molecule has 140 valence electrons. The highest BCUT2D eigenvalue weighted by Gasteiger charge is 2.26. The van der Waals surface area contributed by atoms with E-state index in [2.05, 4.69) is 5.32 Å². The second-order valence-electron chi connectivity index (χ2n) is 6.19. The fraction of sp³-hybridized carbons (Fsp3) is 0.250. The van der Waals surface area contributed by atoms with Crippen LogP contribution < -0.4 is 10.2 Å². The van der Waals surface area contributed by atoms with Crippen molar-refractivity contribution in [3.8, 4) is 0 Å². The number of benzene rings is 2. The number of hydrogen-bond acceptors (Lipinski definition) is 5. The maximum atomic E-state index is 12.2. The number of rotatable bonds is 5. The zero-order valence-corrected chi connectivity index (χ0v) is 16.0. The van der Waals surface area contributed by atoms with Crippen molar-refractivity contribution in [3.63, 3.8) is 0 Å². The normalized spacial score (nSPS) is 13.1. The molecule has 1 aliphatic rings. The van der Waals surface area contributed by atoms with Gasteiger partial charge in [0.15, 0.2) is 6.61 Å². The minimum atomic E-state index is -0.624. The molecule has 0 aromatic heterocycles. The summed E-state index contributed by atoms with van der Waals surface area (Å²) in [6, 6.07) is 13.0. The summed E-state index contributed by atoms with van der Waals surface area (Å²) in [5.74, 6) is -0.924. The van der Waals surface area contributed by atoms with Gasteiger partial charge in [0.2, 0.25) is 5.91 Å². The third kappa shape index (κ3) is 4.49. The molecule has 0 saturated heterocycles. The van der Waals surface area contributed by atoms with Crippen LogP contribution in [0.15, 0.2) is 47.4 Å². The quantitative estimate of drug-likeness (QED) is 0.802. The van der Waals surface area contributed by atoms with Crippen LogP contribution in [-0.2, 0) is 19.1 Å². The average Bonchev–Trinajstić information content (AvgIpc) is 2.66. The number of para-hydroxylation sites is 1. The number of nitrogens with zero attached hydrogens (tertiary/aromatic N) is 1. The predicted molar refractivity (Wildman–Crippen MR) is 105 cm³/mol. The fourth-order valence-electron chi connectivity index (χ4n) is 2.72.